The van der Waals surface area contributed by atoms with Gasteiger partial charge in [0.2, 0.25) is 0 Å². The molecule has 4 rings (SSSR count). The summed E-state index contributed by atoms with van der Waals surface area (Å²) in [4.78, 5) is 13.6. The van der Waals surface area contributed by atoms with Gasteiger partial charge in [0.25, 0.3) is 15.9 Å². The van der Waals surface area contributed by atoms with E-state index in [1.54, 1.807) is 13.0 Å². The topological polar surface area (TPSA) is 66.5 Å². The maximum Gasteiger partial charge on any atom is 0.270 e. The third kappa shape index (κ3) is 3.95. The fraction of sp³-hybridized carbons (Fsp3) is 0.222. The monoisotopic (exact) mass is 460 g/mol. The normalized spacial score (nSPS) is 14.7. The molecule has 3 aromatic rings. The van der Waals surface area contributed by atoms with Crippen molar-refractivity contribution in [1.29, 1.82) is 0 Å². The first-order chi connectivity index (χ1) is 15.9. The molecule has 0 spiro atoms. The molecule has 0 aliphatic carbocycles. The second-order valence-electron chi connectivity index (χ2n) is 7.87. The van der Waals surface area contributed by atoms with Crippen LogP contribution in [0.15, 0.2) is 77.7 Å². The number of hydrogen-bond acceptors (Lipinski definition) is 3. The van der Waals surface area contributed by atoms with Crippen LogP contribution in [-0.4, -0.2) is 20.9 Å². The van der Waals surface area contributed by atoms with Gasteiger partial charge in [0, 0.05) is 23.4 Å². The van der Waals surface area contributed by atoms with Crippen molar-refractivity contribution in [1.82, 2.24) is 0 Å². The molecule has 3 aromatic carbocycles. The van der Waals surface area contributed by atoms with Crippen LogP contribution in [0.1, 0.15) is 43.0 Å². The number of nitrogens with one attached hydrogen (secondary N) is 1. The molecular weight excluding hydrogens is 432 g/mol. The van der Waals surface area contributed by atoms with Gasteiger partial charge >= 0.3 is 0 Å². The number of para-hydroxylation sites is 2. The Morgan fingerprint density at radius 2 is 1.42 bits per heavy atom. The average Bonchev–Trinajstić information content (AvgIpc) is 2.83. The van der Waals surface area contributed by atoms with Gasteiger partial charge in [-0.05, 0) is 42.5 Å². The van der Waals surface area contributed by atoms with Gasteiger partial charge in [0.1, 0.15) is 0 Å². The number of nitrogens with zero attached hydrogens (tertiary/aromatic N) is 1. The van der Waals surface area contributed by atoms with E-state index in [1.807, 2.05) is 80.6 Å². The second kappa shape index (κ2) is 9.24. The predicted octanol–water partition coefficient (Wildman–Crippen LogP) is 5.38. The lowest BCUT2D eigenvalue weighted by Crippen LogP contribution is -2.39. The SMILES string of the molecule is CCc1cccc(CC)c1NC(=O)C1=C(c2ccccc2)c2ccccc2N(CC)S1(=O)=O. The van der Waals surface area contributed by atoms with Crippen LogP contribution in [0.2, 0.25) is 0 Å². The van der Waals surface area contributed by atoms with Crippen LogP contribution in [0, 0.1) is 0 Å². The Bertz CT molecular complexity index is 1310. The van der Waals surface area contributed by atoms with Crippen LogP contribution >= 0.6 is 0 Å². The summed E-state index contributed by atoms with van der Waals surface area (Å²) in [6.07, 6.45) is 1.45. The smallest absolute Gasteiger partial charge is 0.270 e. The van der Waals surface area contributed by atoms with E-state index in [0.717, 1.165) is 29.5 Å². The number of benzene rings is 3. The van der Waals surface area contributed by atoms with Gasteiger partial charge < -0.3 is 5.32 Å². The molecule has 1 heterocycles. The highest BCUT2D eigenvalue weighted by molar-refractivity contribution is 7.97. The summed E-state index contributed by atoms with van der Waals surface area (Å²) in [6.45, 7) is 6.04. The van der Waals surface area contributed by atoms with Crippen molar-refractivity contribution in [2.24, 2.45) is 0 Å². The van der Waals surface area contributed by atoms with Crippen LogP contribution in [-0.2, 0) is 27.7 Å². The molecule has 1 aliphatic rings. The Morgan fingerprint density at radius 1 is 0.818 bits per heavy atom. The standard InChI is InChI=1S/C27H28N2O3S/c1-4-19-15-12-16-20(5-2)25(19)28-27(30)26-24(21-13-8-7-9-14-21)22-17-10-11-18-23(22)29(6-3)33(26,31)32/h7-18H,4-6H2,1-3H3,(H,28,30). The number of fused-ring (bicyclic) bond motifs is 1. The van der Waals surface area contributed by atoms with Crippen LogP contribution in [0.4, 0.5) is 11.4 Å². The Morgan fingerprint density at radius 3 is 2.03 bits per heavy atom. The molecule has 6 heteroatoms. The van der Waals surface area contributed by atoms with Gasteiger partial charge in [-0.1, -0.05) is 80.6 Å². The van der Waals surface area contributed by atoms with Crippen molar-refractivity contribution < 1.29 is 13.2 Å². The zero-order valence-corrected chi connectivity index (χ0v) is 19.9. The Labute approximate surface area is 195 Å². The van der Waals surface area contributed by atoms with E-state index in [-0.39, 0.29) is 11.4 Å². The fourth-order valence-corrected chi connectivity index (χ4v) is 6.18. The van der Waals surface area contributed by atoms with E-state index < -0.39 is 15.9 Å². The van der Waals surface area contributed by atoms with Crippen LogP contribution in [0.25, 0.3) is 5.57 Å². The van der Waals surface area contributed by atoms with Crippen LogP contribution < -0.4 is 9.62 Å². The quantitative estimate of drug-likeness (QED) is 0.537. The average molecular weight is 461 g/mol. The van der Waals surface area contributed by atoms with E-state index >= 15 is 0 Å². The van der Waals surface area contributed by atoms with Crippen molar-refractivity contribution in [3.05, 3.63) is 100.0 Å². The Kier molecular flexibility index (Phi) is 6.38. The van der Waals surface area contributed by atoms with E-state index in [9.17, 15) is 13.2 Å². The van der Waals surface area contributed by atoms with Gasteiger partial charge in [0.15, 0.2) is 4.91 Å². The number of carbonyl (C=O) groups excluding carboxylic acids is 1. The molecular formula is C27H28N2O3S. The van der Waals surface area contributed by atoms with Gasteiger partial charge in [0.05, 0.1) is 5.69 Å². The molecule has 0 fully saturated rings. The lowest BCUT2D eigenvalue weighted by Gasteiger charge is -2.33. The highest BCUT2D eigenvalue weighted by Crippen LogP contribution is 2.43. The van der Waals surface area contributed by atoms with Gasteiger partial charge in [-0.3, -0.25) is 9.10 Å². The highest BCUT2D eigenvalue weighted by Gasteiger charge is 2.40. The summed E-state index contributed by atoms with van der Waals surface area (Å²) >= 11 is 0. The first-order valence-electron chi connectivity index (χ1n) is 11.3. The minimum Gasteiger partial charge on any atom is -0.321 e. The summed E-state index contributed by atoms with van der Waals surface area (Å²) < 4.78 is 29.0. The second-order valence-corrected chi connectivity index (χ2v) is 9.67. The predicted molar refractivity (Wildman–Crippen MR) is 135 cm³/mol. The zero-order valence-electron chi connectivity index (χ0n) is 19.1. The molecule has 0 saturated carbocycles. The number of aryl methyl sites for hydroxylation is 2. The minimum atomic E-state index is -4.08. The molecule has 1 aliphatic heterocycles. The first kappa shape index (κ1) is 22.8. The van der Waals surface area contributed by atoms with Gasteiger partial charge in [-0.15, -0.1) is 0 Å². The summed E-state index contributed by atoms with van der Waals surface area (Å²) in [5.74, 6) is -0.614. The van der Waals surface area contributed by atoms with Gasteiger partial charge in [-0.2, -0.15) is 0 Å². The van der Waals surface area contributed by atoms with Crippen molar-refractivity contribution in [3.63, 3.8) is 0 Å². The molecule has 1 amide bonds. The molecule has 0 bridgehead atoms. The minimum absolute atomic E-state index is 0.220. The van der Waals surface area contributed by atoms with Gasteiger partial charge in [-0.25, -0.2) is 8.42 Å². The summed E-state index contributed by atoms with van der Waals surface area (Å²) in [5.41, 5.74) is 5.08. The highest BCUT2D eigenvalue weighted by atomic mass is 32.2. The number of rotatable bonds is 6. The van der Waals surface area contributed by atoms with E-state index in [2.05, 4.69) is 5.32 Å². The lowest BCUT2D eigenvalue weighted by atomic mass is 9.95. The number of amides is 1. The molecule has 0 unspecified atom stereocenters. The summed E-state index contributed by atoms with van der Waals surface area (Å²) in [7, 11) is -4.08. The van der Waals surface area contributed by atoms with Crippen molar-refractivity contribution >= 4 is 32.9 Å². The zero-order chi connectivity index (χ0) is 23.6. The van der Waals surface area contributed by atoms with E-state index in [1.165, 1.54) is 4.31 Å². The molecule has 0 atom stereocenters. The Hall–Kier alpha value is -3.38. The number of carbonyl (C=O) groups is 1. The molecule has 0 saturated heterocycles. The van der Waals surface area contributed by atoms with Crippen molar-refractivity contribution in [2.45, 2.75) is 33.6 Å². The molecule has 0 radical (unpaired) electrons. The Balaban J connectivity index is 1.99. The number of anilines is 2. The van der Waals surface area contributed by atoms with Crippen molar-refractivity contribution in [3.8, 4) is 0 Å². The summed E-state index contributed by atoms with van der Waals surface area (Å²) in [5, 5.41) is 2.98. The largest absolute Gasteiger partial charge is 0.321 e. The van der Waals surface area contributed by atoms with Crippen LogP contribution in [0.3, 0.4) is 0 Å². The summed E-state index contributed by atoms with van der Waals surface area (Å²) in [6, 6.07) is 22.5. The lowest BCUT2D eigenvalue weighted by molar-refractivity contribution is -0.112. The maximum atomic E-state index is 13.8. The maximum absolute atomic E-state index is 13.8. The van der Waals surface area contributed by atoms with E-state index in [4.69, 9.17) is 0 Å². The third-order valence-corrected chi connectivity index (χ3v) is 7.95. The fourth-order valence-electron chi connectivity index (χ4n) is 4.43. The molecule has 0 aromatic heterocycles. The molecule has 5 nitrogen and oxygen atoms in total. The molecule has 33 heavy (non-hydrogen) atoms. The number of sulfonamides is 1. The third-order valence-electron chi connectivity index (χ3n) is 6.01. The van der Waals surface area contributed by atoms with Crippen LogP contribution in [0.5, 0.6) is 0 Å². The number of hydrogen-bond donors (Lipinski definition) is 1. The van der Waals surface area contributed by atoms with Crippen molar-refractivity contribution in [2.75, 3.05) is 16.2 Å². The molecule has 170 valence electrons. The molecule has 1 N–H and O–H groups in total. The van der Waals surface area contributed by atoms with E-state index in [0.29, 0.717) is 22.5 Å². The first-order valence-corrected chi connectivity index (χ1v) is 12.7.